The summed E-state index contributed by atoms with van der Waals surface area (Å²) in [6.45, 7) is 1.66. The topological polar surface area (TPSA) is 46.5 Å². The Morgan fingerprint density at radius 2 is 2.21 bits per heavy atom. The molecule has 1 aromatic carbocycles. The lowest BCUT2D eigenvalue weighted by atomic mass is 10.1. The lowest BCUT2D eigenvalue weighted by Crippen LogP contribution is -2.00. The van der Waals surface area contributed by atoms with Crippen LogP contribution in [0.5, 0.6) is 5.75 Å². The third kappa shape index (κ3) is 2.05. The normalized spacial score (nSPS) is 8.71. The molecule has 1 rings (SSSR count). The van der Waals surface area contributed by atoms with Crippen LogP contribution in [0.15, 0.2) is 18.2 Å². The first kappa shape index (κ1) is 10.1. The third-order valence-corrected chi connectivity index (χ3v) is 1.72. The highest BCUT2D eigenvalue weighted by Crippen LogP contribution is 2.16. The van der Waals surface area contributed by atoms with Gasteiger partial charge in [0.1, 0.15) is 5.75 Å². The second-order valence-electron chi connectivity index (χ2n) is 2.59. The molecule has 0 saturated carbocycles. The summed E-state index contributed by atoms with van der Waals surface area (Å²) in [7, 11) is 1.53. The van der Waals surface area contributed by atoms with Crippen LogP contribution in [0.25, 0.3) is 0 Å². The number of methoxy groups -OCH3 is 1. The summed E-state index contributed by atoms with van der Waals surface area (Å²) in [5.74, 6) is 5.01. The van der Waals surface area contributed by atoms with Crippen molar-refractivity contribution in [2.75, 3.05) is 7.11 Å². The fourth-order valence-electron chi connectivity index (χ4n) is 1.07. The van der Waals surface area contributed by atoms with Gasteiger partial charge in [-0.1, -0.05) is 5.92 Å². The van der Waals surface area contributed by atoms with E-state index in [2.05, 4.69) is 11.8 Å². The molecular weight excluding hydrogens is 180 g/mol. The molecule has 0 saturated heterocycles. The van der Waals surface area contributed by atoms with Crippen molar-refractivity contribution in [2.24, 2.45) is 0 Å². The lowest BCUT2D eigenvalue weighted by molar-refractivity contribution is 0.0696. The summed E-state index contributed by atoms with van der Waals surface area (Å²) in [5, 5.41) is 8.85. The van der Waals surface area contributed by atoms with Gasteiger partial charge in [0.2, 0.25) is 0 Å². The number of rotatable bonds is 2. The standard InChI is InChI=1S/C11H10O3/c1-3-4-8-7-9(14-2)5-6-10(8)11(12)13/h5-7H,1-2H3,(H,12,13). The van der Waals surface area contributed by atoms with E-state index in [1.165, 1.54) is 13.2 Å². The van der Waals surface area contributed by atoms with E-state index in [0.29, 0.717) is 11.3 Å². The molecule has 3 heteroatoms. The maximum absolute atomic E-state index is 10.8. The van der Waals surface area contributed by atoms with E-state index in [4.69, 9.17) is 9.84 Å². The van der Waals surface area contributed by atoms with Crippen LogP contribution in [0, 0.1) is 11.8 Å². The average molecular weight is 190 g/mol. The summed E-state index contributed by atoms with van der Waals surface area (Å²) in [6.07, 6.45) is 0. The molecule has 3 nitrogen and oxygen atoms in total. The molecule has 0 unspecified atom stereocenters. The molecular formula is C11H10O3. The first-order valence-corrected chi connectivity index (χ1v) is 4.03. The van der Waals surface area contributed by atoms with E-state index in [1.54, 1.807) is 19.1 Å². The maximum atomic E-state index is 10.8. The molecule has 0 atom stereocenters. The molecule has 0 aliphatic rings. The molecule has 0 aliphatic heterocycles. The molecule has 0 aliphatic carbocycles. The number of hydrogen-bond donors (Lipinski definition) is 1. The predicted octanol–water partition coefficient (Wildman–Crippen LogP) is 1.76. The van der Waals surface area contributed by atoms with E-state index >= 15 is 0 Å². The van der Waals surface area contributed by atoms with Gasteiger partial charge in [0.15, 0.2) is 0 Å². The van der Waals surface area contributed by atoms with Crippen LogP contribution in [0.3, 0.4) is 0 Å². The van der Waals surface area contributed by atoms with Crippen LogP contribution >= 0.6 is 0 Å². The number of ether oxygens (including phenoxy) is 1. The van der Waals surface area contributed by atoms with Crippen molar-refractivity contribution in [2.45, 2.75) is 6.92 Å². The minimum absolute atomic E-state index is 0.195. The second kappa shape index (κ2) is 4.33. The Kier molecular flexibility index (Phi) is 3.14. The minimum Gasteiger partial charge on any atom is -0.497 e. The lowest BCUT2D eigenvalue weighted by Gasteiger charge is -2.02. The van der Waals surface area contributed by atoms with Crippen LogP contribution in [0.1, 0.15) is 22.8 Å². The number of carboxylic acid groups (broad SMARTS) is 1. The number of carboxylic acids is 1. The van der Waals surface area contributed by atoms with Crippen LogP contribution < -0.4 is 4.74 Å². The highest BCUT2D eigenvalue weighted by Gasteiger charge is 2.08. The van der Waals surface area contributed by atoms with Gasteiger partial charge in [-0.25, -0.2) is 4.79 Å². The van der Waals surface area contributed by atoms with Gasteiger partial charge in [-0.2, -0.15) is 0 Å². The van der Waals surface area contributed by atoms with Gasteiger partial charge in [-0.05, 0) is 25.1 Å². The smallest absolute Gasteiger partial charge is 0.336 e. The average Bonchev–Trinajstić information content (AvgIpc) is 2.17. The van der Waals surface area contributed by atoms with Crippen molar-refractivity contribution < 1.29 is 14.6 Å². The van der Waals surface area contributed by atoms with Gasteiger partial charge in [-0.15, -0.1) is 5.92 Å². The maximum Gasteiger partial charge on any atom is 0.336 e. The summed E-state index contributed by atoms with van der Waals surface area (Å²) < 4.78 is 4.98. The second-order valence-corrected chi connectivity index (χ2v) is 2.59. The van der Waals surface area contributed by atoms with E-state index in [0.717, 1.165) is 0 Å². The molecule has 0 bridgehead atoms. The first-order valence-electron chi connectivity index (χ1n) is 4.03. The molecule has 0 heterocycles. The van der Waals surface area contributed by atoms with Crippen LogP contribution in [0.4, 0.5) is 0 Å². The van der Waals surface area contributed by atoms with Crippen molar-refractivity contribution in [1.29, 1.82) is 0 Å². The van der Waals surface area contributed by atoms with Gasteiger partial charge in [0.05, 0.1) is 12.7 Å². The van der Waals surface area contributed by atoms with Gasteiger partial charge < -0.3 is 9.84 Å². The monoisotopic (exact) mass is 190 g/mol. The molecule has 1 N–H and O–H groups in total. The molecule has 72 valence electrons. The first-order chi connectivity index (χ1) is 6.69. The summed E-state index contributed by atoms with van der Waals surface area (Å²) in [6, 6.07) is 4.70. The Balaban J connectivity index is 3.28. The fourth-order valence-corrected chi connectivity index (χ4v) is 1.07. The van der Waals surface area contributed by atoms with E-state index in [1.807, 2.05) is 0 Å². The predicted molar refractivity (Wildman–Crippen MR) is 52.5 cm³/mol. The Morgan fingerprint density at radius 3 is 2.71 bits per heavy atom. The molecule has 1 aromatic rings. The van der Waals surface area contributed by atoms with Crippen LogP contribution in [0.2, 0.25) is 0 Å². The van der Waals surface area contributed by atoms with Crippen molar-refractivity contribution >= 4 is 5.97 Å². The Bertz CT molecular complexity index is 410. The molecule has 0 fully saturated rings. The molecule has 14 heavy (non-hydrogen) atoms. The molecule has 0 radical (unpaired) electrons. The van der Waals surface area contributed by atoms with Gasteiger partial charge >= 0.3 is 5.97 Å². The number of hydrogen-bond acceptors (Lipinski definition) is 2. The summed E-state index contributed by atoms with van der Waals surface area (Å²) >= 11 is 0. The third-order valence-electron chi connectivity index (χ3n) is 1.72. The zero-order chi connectivity index (χ0) is 10.6. The minimum atomic E-state index is -0.981. The van der Waals surface area contributed by atoms with Crippen molar-refractivity contribution in [1.82, 2.24) is 0 Å². The highest BCUT2D eigenvalue weighted by atomic mass is 16.5. The van der Waals surface area contributed by atoms with Crippen molar-refractivity contribution in [3.05, 3.63) is 29.3 Å². The quantitative estimate of drug-likeness (QED) is 0.723. The largest absolute Gasteiger partial charge is 0.497 e. The van der Waals surface area contributed by atoms with Gasteiger partial charge in [0.25, 0.3) is 0 Å². The number of aromatic carboxylic acids is 1. The zero-order valence-corrected chi connectivity index (χ0v) is 8.00. The summed E-state index contributed by atoms with van der Waals surface area (Å²) in [4.78, 5) is 10.8. The molecule has 0 spiro atoms. The van der Waals surface area contributed by atoms with Gasteiger partial charge in [-0.3, -0.25) is 0 Å². The van der Waals surface area contributed by atoms with E-state index < -0.39 is 5.97 Å². The molecule has 0 amide bonds. The number of carbonyl (C=O) groups is 1. The van der Waals surface area contributed by atoms with Crippen LogP contribution in [-0.2, 0) is 0 Å². The van der Waals surface area contributed by atoms with E-state index in [-0.39, 0.29) is 5.56 Å². The Labute approximate surface area is 82.3 Å². The Hall–Kier alpha value is -1.95. The molecule has 0 aromatic heterocycles. The van der Waals surface area contributed by atoms with Crippen molar-refractivity contribution in [3.63, 3.8) is 0 Å². The SMILES string of the molecule is CC#Cc1cc(OC)ccc1C(=O)O. The highest BCUT2D eigenvalue weighted by molar-refractivity contribution is 5.91. The van der Waals surface area contributed by atoms with Crippen molar-refractivity contribution in [3.8, 4) is 17.6 Å². The Morgan fingerprint density at radius 1 is 1.50 bits per heavy atom. The van der Waals surface area contributed by atoms with E-state index in [9.17, 15) is 4.79 Å². The number of benzene rings is 1. The zero-order valence-electron chi connectivity index (χ0n) is 8.00. The van der Waals surface area contributed by atoms with Crippen LogP contribution in [-0.4, -0.2) is 18.2 Å². The fraction of sp³-hybridized carbons (Fsp3) is 0.182. The van der Waals surface area contributed by atoms with Gasteiger partial charge in [0, 0.05) is 5.56 Å². The summed E-state index contributed by atoms with van der Waals surface area (Å²) in [5.41, 5.74) is 0.666.